The van der Waals surface area contributed by atoms with E-state index in [1.807, 2.05) is 6.07 Å². The first-order valence-electron chi connectivity index (χ1n) is 9.23. The number of rotatable bonds is 7. The van der Waals surface area contributed by atoms with Crippen LogP contribution in [0, 0.1) is 24.1 Å². The van der Waals surface area contributed by atoms with Crippen molar-refractivity contribution in [3.63, 3.8) is 0 Å². The average molecular weight is 458 g/mol. The molecule has 3 rings (SSSR count). The van der Waals surface area contributed by atoms with Crippen LogP contribution in [-0.4, -0.2) is 30.0 Å². The molecule has 1 amide bonds. The number of nitriles is 1. The summed E-state index contributed by atoms with van der Waals surface area (Å²) < 4.78 is 19.3. The topological polar surface area (TPSA) is 83.3 Å². The van der Waals surface area contributed by atoms with Crippen molar-refractivity contribution in [2.75, 3.05) is 18.1 Å². The van der Waals surface area contributed by atoms with E-state index >= 15 is 0 Å². The lowest BCUT2D eigenvalue weighted by Gasteiger charge is -2.22. The first kappa shape index (κ1) is 22.4. The average Bonchev–Trinajstić information content (AvgIpc) is 3.15. The molecule has 0 atom stereocenters. The second-order valence-corrected chi connectivity index (χ2v) is 7.86. The van der Waals surface area contributed by atoms with E-state index in [0.29, 0.717) is 15.7 Å². The fourth-order valence-corrected chi connectivity index (χ4v) is 3.88. The molecule has 0 unspecified atom stereocenters. The number of anilines is 1. The van der Waals surface area contributed by atoms with E-state index < -0.39 is 24.3 Å². The number of aromatic nitrogens is 1. The van der Waals surface area contributed by atoms with Gasteiger partial charge in [-0.1, -0.05) is 35.9 Å². The maximum Gasteiger partial charge on any atom is 0.350 e. The quantitative estimate of drug-likeness (QED) is 0.465. The van der Waals surface area contributed by atoms with Gasteiger partial charge in [0.05, 0.1) is 23.9 Å². The lowest BCUT2D eigenvalue weighted by Crippen LogP contribution is -2.36. The number of carbonyl (C=O) groups is 2. The van der Waals surface area contributed by atoms with Crippen LogP contribution in [0.3, 0.4) is 0 Å². The molecular weight excluding hydrogens is 441 g/mol. The maximum absolute atomic E-state index is 14.1. The molecule has 31 heavy (non-hydrogen) atoms. The molecule has 0 saturated carbocycles. The van der Waals surface area contributed by atoms with E-state index in [2.05, 4.69) is 4.98 Å². The van der Waals surface area contributed by atoms with Crippen LogP contribution in [0.25, 0.3) is 10.6 Å². The molecule has 158 valence electrons. The number of ether oxygens (including phenoxy) is 1. The van der Waals surface area contributed by atoms with Crippen LogP contribution in [0.15, 0.2) is 48.5 Å². The van der Waals surface area contributed by atoms with E-state index in [1.54, 1.807) is 37.3 Å². The van der Waals surface area contributed by atoms with Crippen molar-refractivity contribution in [1.29, 1.82) is 5.26 Å². The Hall–Kier alpha value is -3.28. The van der Waals surface area contributed by atoms with Gasteiger partial charge in [0.2, 0.25) is 0 Å². The summed E-state index contributed by atoms with van der Waals surface area (Å²) in [6, 6.07) is 14.7. The Bertz CT molecular complexity index is 1140. The molecule has 0 radical (unpaired) electrons. The highest BCUT2D eigenvalue weighted by Crippen LogP contribution is 2.29. The normalized spacial score (nSPS) is 10.4. The third-order valence-corrected chi connectivity index (χ3v) is 5.73. The number of amides is 1. The Morgan fingerprint density at radius 1 is 1.23 bits per heavy atom. The predicted octanol–water partition coefficient (Wildman–Crippen LogP) is 5.01. The number of nitrogens with zero attached hydrogens (tertiary/aromatic N) is 3. The van der Waals surface area contributed by atoms with Crippen molar-refractivity contribution in [1.82, 2.24) is 4.98 Å². The van der Waals surface area contributed by atoms with Crippen LogP contribution < -0.4 is 4.90 Å². The second kappa shape index (κ2) is 10.2. The summed E-state index contributed by atoms with van der Waals surface area (Å²) in [7, 11) is 0. The van der Waals surface area contributed by atoms with E-state index in [0.717, 1.165) is 21.8 Å². The zero-order chi connectivity index (χ0) is 22.4. The molecule has 0 fully saturated rings. The van der Waals surface area contributed by atoms with Crippen LogP contribution in [-0.2, 0) is 9.53 Å². The number of benzene rings is 2. The fraction of sp³-hybridized carbons (Fsp3) is 0.182. The van der Waals surface area contributed by atoms with Gasteiger partial charge >= 0.3 is 5.97 Å². The summed E-state index contributed by atoms with van der Waals surface area (Å²) in [6.07, 6.45) is 0.00637. The van der Waals surface area contributed by atoms with Gasteiger partial charge < -0.3 is 9.64 Å². The summed E-state index contributed by atoms with van der Waals surface area (Å²) >= 11 is 7.04. The van der Waals surface area contributed by atoms with Crippen LogP contribution in [0.5, 0.6) is 0 Å². The third kappa shape index (κ3) is 5.45. The zero-order valence-corrected chi connectivity index (χ0v) is 18.0. The largest absolute Gasteiger partial charge is 0.451 e. The molecular formula is C22H17ClFN3O3S. The van der Waals surface area contributed by atoms with E-state index in [-0.39, 0.29) is 23.5 Å². The molecule has 1 aromatic heterocycles. The number of carbonyl (C=O) groups excluding carboxylic acids is 2. The molecule has 9 heteroatoms. The highest BCUT2D eigenvalue weighted by Gasteiger charge is 2.23. The highest BCUT2D eigenvalue weighted by molar-refractivity contribution is 7.17. The number of aryl methyl sites for hydroxylation is 1. The van der Waals surface area contributed by atoms with Gasteiger partial charge in [-0.25, -0.2) is 14.2 Å². The van der Waals surface area contributed by atoms with Crippen molar-refractivity contribution in [3.8, 4) is 16.6 Å². The smallest absolute Gasteiger partial charge is 0.350 e. The molecule has 2 aromatic carbocycles. The summed E-state index contributed by atoms with van der Waals surface area (Å²) in [5.74, 6) is -1.93. The predicted molar refractivity (Wildman–Crippen MR) is 117 cm³/mol. The summed E-state index contributed by atoms with van der Waals surface area (Å²) in [5.41, 5.74) is 1.30. The maximum atomic E-state index is 14.1. The SMILES string of the molecule is Cc1nc(-c2ccc(Cl)cc2)sc1C(=O)OCC(=O)N(CCC#N)c1ccccc1F. The van der Waals surface area contributed by atoms with Gasteiger partial charge in [0, 0.05) is 17.1 Å². The number of hydrogen-bond acceptors (Lipinski definition) is 6. The van der Waals surface area contributed by atoms with Gasteiger partial charge in [-0.15, -0.1) is 11.3 Å². The Morgan fingerprint density at radius 3 is 2.61 bits per heavy atom. The van der Waals surface area contributed by atoms with Gasteiger partial charge in [0.1, 0.15) is 15.7 Å². The van der Waals surface area contributed by atoms with Crippen molar-refractivity contribution in [2.24, 2.45) is 0 Å². The van der Waals surface area contributed by atoms with Crippen molar-refractivity contribution in [2.45, 2.75) is 13.3 Å². The first-order chi connectivity index (χ1) is 14.9. The van der Waals surface area contributed by atoms with Gasteiger partial charge in [0.25, 0.3) is 5.91 Å². The fourth-order valence-electron chi connectivity index (χ4n) is 2.78. The van der Waals surface area contributed by atoms with Crippen molar-refractivity contribution in [3.05, 3.63) is 69.9 Å². The molecule has 1 heterocycles. The van der Waals surface area contributed by atoms with Crippen LogP contribution in [0.1, 0.15) is 21.8 Å². The van der Waals surface area contributed by atoms with Crippen LogP contribution >= 0.6 is 22.9 Å². The van der Waals surface area contributed by atoms with Crippen molar-refractivity contribution >= 4 is 40.5 Å². The number of halogens is 2. The van der Waals surface area contributed by atoms with E-state index in [9.17, 15) is 14.0 Å². The molecule has 0 N–H and O–H groups in total. The zero-order valence-electron chi connectivity index (χ0n) is 16.5. The molecule has 6 nitrogen and oxygen atoms in total. The molecule has 3 aromatic rings. The third-order valence-electron chi connectivity index (χ3n) is 4.29. The Morgan fingerprint density at radius 2 is 1.94 bits per heavy atom. The van der Waals surface area contributed by atoms with Gasteiger partial charge in [-0.3, -0.25) is 4.79 Å². The van der Waals surface area contributed by atoms with Crippen LogP contribution in [0.4, 0.5) is 10.1 Å². The number of para-hydroxylation sites is 1. The van der Waals surface area contributed by atoms with E-state index in [1.165, 1.54) is 18.2 Å². The standard InChI is InChI=1S/C22H17ClFN3O3S/c1-14-20(31-21(26-14)15-7-9-16(23)10-8-15)22(29)30-13-19(28)27(12-4-11-25)18-6-3-2-5-17(18)24/h2-3,5-10H,4,12-13H2,1H3. The van der Waals surface area contributed by atoms with E-state index in [4.69, 9.17) is 21.6 Å². The Balaban J connectivity index is 1.71. The monoisotopic (exact) mass is 457 g/mol. The number of hydrogen-bond donors (Lipinski definition) is 0. The Labute approximate surface area is 187 Å². The van der Waals surface area contributed by atoms with Gasteiger partial charge in [0.15, 0.2) is 6.61 Å². The van der Waals surface area contributed by atoms with Crippen molar-refractivity contribution < 1.29 is 18.7 Å². The molecule has 0 aliphatic rings. The molecule has 0 aliphatic heterocycles. The lowest BCUT2D eigenvalue weighted by atomic mass is 10.2. The summed E-state index contributed by atoms with van der Waals surface area (Å²) in [4.78, 5) is 30.9. The lowest BCUT2D eigenvalue weighted by molar-refractivity contribution is -0.121. The Kier molecular flexibility index (Phi) is 7.34. The van der Waals surface area contributed by atoms with Gasteiger partial charge in [-0.2, -0.15) is 5.26 Å². The highest BCUT2D eigenvalue weighted by atomic mass is 35.5. The molecule has 0 bridgehead atoms. The number of esters is 1. The minimum atomic E-state index is -0.697. The molecule has 0 aliphatic carbocycles. The molecule has 0 spiro atoms. The second-order valence-electron chi connectivity index (χ2n) is 6.42. The minimum Gasteiger partial charge on any atom is -0.451 e. The minimum absolute atomic E-state index is 0.00637. The number of thiazole rings is 1. The summed E-state index contributed by atoms with van der Waals surface area (Å²) in [5, 5.41) is 10.1. The molecule has 0 saturated heterocycles. The first-order valence-corrected chi connectivity index (χ1v) is 10.4. The summed E-state index contributed by atoms with van der Waals surface area (Å²) in [6.45, 7) is 1.06. The van der Waals surface area contributed by atoms with Crippen LogP contribution in [0.2, 0.25) is 5.02 Å². The van der Waals surface area contributed by atoms with Gasteiger partial charge in [-0.05, 0) is 31.2 Å².